The predicted molar refractivity (Wildman–Crippen MR) is 59.1 cm³/mol. The highest BCUT2D eigenvalue weighted by Crippen LogP contribution is 2.16. The molecule has 0 spiro atoms. The van der Waals surface area contributed by atoms with Gasteiger partial charge in [0.1, 0.15) is 6.10 Å². The Bertz CT molecular complexity index is 192. The lowest BCUT2D eigenvalue weighted by Crippen LogP contribution is -2.28. The number of ketones is 1. The number of carbonyl (C=O) groups is 1. The fraction of sp³-hybridized carbons (Fsp3) is 0.750. The molecule has 0 aromatic heterocycles. The van der Waals surface area contributed by atoms with Crippen LogP contribution < -0.4 is 0 Å². The van der Waals surface area contributed by atoms with Gasteiger partial charge >= 0.3 is 0 Å². The third-order valence-corrected chi connectivity index (χ3v) is 2.62. The van der Waals surface area contributed by atoms with Gasteiger partial charge in [-0.1, -0.05) is 32.3 Å². The Morgan fingerprint density at radius 3 is 2.14 bits per heavy atom. The van der Waals surface area contributed by atoms with Crippen LogP contribution in [0.15, 0.2) is 12.2 Å². The summed E-state index contributed by atoms with van der Waals surface area (Å²) >= 11 is 0. The Hall–Kier alpha value is -0.630. The van der Waals surface area contributed by atoms with Crippen molar-refractivity contribution in [2.45, 2.75) is 52.6 Å². The van der Waals surface area contributed by atoms with Gasteiger partial charge in [0, 0.05) is 6.42 Å². The van der Waals surface area contributed by atoms with Gasteiger partial charge in [0.25, 0.3) is 0 Å². The maximum Gasteiger partial charge on any atom is 0.161 e. The number of rotatable bonds is 7. The molecule has 0 rings (SSSR count). The fourth-order valence-electron chi connectivity index (χ4n) is 1.48. The number of Topliss-reactive ketones (excluding diaryl/α,β-unsaturated/α-hetero) is 1. The molecule has 82 valence electrons. The zero-order valence-corrected chi connectivity index (χ0v) is 9.55. The largest absolute Gasteiger partial charge is 0.385 e. The van der Waals surface area contributed by atoms with Crippen molar-refractivity contribution < 1.29 is 9.90 Å². The Labute approximate surface area is 87.0 Å². The molecule has 0 aromatic rings. The average Bonchev–Trinajstić information content (AvgIpc) is 2.15. The van der Waals surface area contributed by atoms with E-state index < -0.39 is 6.10 Å². The number of allylic oxidation sites excluding steroid dienone is 1. The maximum atomic E-state index is 11.5. The molecule has 0 bridgehead atoms. The average molecular weight is 198 g/mol. The van der Waals surface area contributed by atoms with Gasteiger partial charge in [-0.3, -0.25) is 4.79 Å². The normalized spacial score (nSPS) is 12.9. The third-order valence-electron chi connectivity index (χ3n) is 2.62. The van der Waals surface area contributed by atoms with Crippen molar-refractivity contribution in [1.82, 2.24) is 0 Å². The minimum absolute atomic E-state index is 0.0401. The van der Waals surface area contributed by atoms with Crippen LogP contribution in [0.1, 0.15) is 46.5 Å². The lowest BCUT2D eigenvalue weighted by molar-refractivity contribution is -0.129. The van der Waals surface area contributed by atoms with E-state index in [1.807, 2.05) is 20.8 Å². The fourth-order valence-corrected chi connectivity index (χ4v) is 1.48. The summed E-state index contributed by atoms with van der Waals surface area (Å²) in [4.78, 5) is 11.5. The summed E-state index contributed by atoms with van der Waals surface area (Å²) in [7, 11) is 0. The van der Waals surface area contributed by atoms with E-state index in [1.165, 1.54) is 0 Å². The van der Waals surface area contributed by atoms with Crippen LogP contribution in [0.25, 0.3) is 0 Å². The molecule has 0 fully saturated rings. The molecular weight excluding hydrogens is 176 g/mol. The van der Waals surface area contributed by atoms with Crippen LogP contribution in [-0.4, -0.2) is 17.0 Å². The number of aliphatic hydroxyl groups excluding tert-OH is 1. The van der Waals surface area contributed by atoms with Crippen molar-refractivity contribution in [3.05, 3.63) is 12.2 Å². The van der Waals surface area contributed by atoms with Crippen molar-refractivity contribution >= 4 is 5.78 Å². The summed E-state index contributed by atoms with van der Waals surface area (Å²) in [6.45, 7) is 9.64. The smallest absolute Gasteiger partial charge is 0.161 e. The second-order valence-electron chi connectivity index (χ2n) is 3.94. The standard InChI is InChI=1S/C12H22O2/c1-5-10(6-2)12(14)11(13)8-7-9(3)4/h10,12,14H,3,5-8H2,1-2,4H3. The zero-order valence-electron chi connectivity index (χ0n) is 9.55. The van der Waals surface area contributed by atoms with E-state index in [4.69, 9.17) is 0 Å². The molecule has 0 saturated carbocycles. The molecule has 0 aliphatic carbocycles. The highest BCUT2D eigenvalue weighted by atomic mass is 16.3. The van der Waals surface area contributed by atoms with Crippen molar-refractivity contribution in [2.75, 3.05) is 0 Å². The maximum absolute atomic E-state index is 11.5. The van der Waals surface area contributed by atoms with Crippen LogP contribution in [-0.2, 0) is 4.79 Å². The van der Waals surface area contributed by atoms with Crippen LogP contribution in [0.3, 0.4) is 0 Å². The number of hydrogen-bond acceptors (Lipinski definition) is 2. The van der Waals surface area contributed by atoms with Gasteiger partial charge < -0.3 is 5.11 Å². The van der Waals surface area contributed by atoms with Crippen molar-refractivity contribution in [1.29, 1.82) is 0 Å². The molecule has 1 atom stereocenters. The number of aliphatic hydroxyl groups is 1. The molecule has 0 heterocycles. The van der Waals surface area contributed by atoms with Crippen LogP contribution in [0.5, 0.6) is 0 Å². The SMILES string of the molecule is C=C(C)CCC(=O)C(O)C(CC)CC. The van der Waals surface area contributed by atoms with Gasteiger partial charge in [0.2, 0.25) is 0 Å². The van der Waals surface area contributed by atoms with E-state index in [1.54, 1.807) is 0 Å². The molecule has 0 radical (unpaired) electrons. The van der Waals surface area contributed by atoms with Gasteiger partial charge in [0.05, 0.1) is 0 Å². The van der Waals surface area contributed by atoms with Gasteiger partial charge in [0.15, 0.2) is 5.78 Å². The van der Waals surface area contributed by atoms with Crippen molar-refractivity contribution in [3.63, 3.8) is 0 Å². The summed E-state index contributed by atoms with van der Waals surface area (Å²) < 4.78 is 0. The molecule has 0 amide bonds. The Morgan fingerprint density at radius 2 is 1.79 bits per heavy atom. The lowest BCUT2D eigenvalue weighted by Gasteiger charge is -2.18. The molecular formula is C12H22O2. The minimum atomic E-state index is -0.774. The molecule has 1 N–H and O–H groups in total. The first kappa shape index (κ1) is 13.4. The van der Waals surface area contributed by atoms with E-state index in [0.717, 1.165) is 18.4 Å². The molecule has 0 aromatic carbocycles. The van der Waals surface area contributed by atoms with Gasteiger partial charge in [-0.25, -0.2) is 0 Å². The Kier molecular flexibility index (Phi) is 6.46. The van der Waals surface area contributed by atoms with E-state index in [2.05, 4.69) is 6.58 Å². The van der Waals surface area contributed by atoms with E-state index in [0.29, 0.717) is 12.8 Å². The summed E-state index contributed by atoms with van der Waals surface area (Å²) in [5, 5.41) is 9.71. The third kappa shape index (κ3) is 4.56. The van der Waals surface area contributed by atoms with E-state index in [-0.39, 0.29) is 11.7 Å². The van der Waals surface area contributed by atoms with Gasteiger partial charge in [-0.2, -0.15) is 0 Å². The zero-order chi connectivity index (χ0) is 11.1. The molecule has 1 unspecified atom stereocenters. The van der Waals surface area contributed by atoms with Gasteiger partial charge in [-0.05, 0) is 19.3 Å². The number of carbonyl (C=O) groups excluding carboxylic acids is 1. The topological polar surface area (TPSA) is 37.3 Å². The quantitative estimate of drug-likeness (QED) is 0.639. The van der Waals surface area contributed by atoms with Crippen molar-refractivity contribution in [2.24, 2.45) is 5.92 Å². The van der Waals surface area contributed by atoms with Crippen LogP contribution >= 0.6 is 0 Å². The van der Waals surface area contributed by atoms with Gasteiger partial charge in [-0.15, -0.1) is 6.58 Å². The van der Waals surface area contributed by atoms with E-state index >= 15 is 0 Å². The summed E-state index contributed by atoms with van der Waals surface area (Å²) in [6.07, 6.45) is 2.06. The first-order chi connectivity index (χ1) is 6.52. The predicted octanol–water partition coefficient (Wildman–Crippen LogP) is 2.71. The first-order valence-corrected chi connectivity index (χ1v) is 5.38. The highest BCUT2D eigenvalue weighted by Gasteiger charge is 2.22. The molecule has 2 heteroatoms. The summed E-state index contributed by atoms with van der Waals surface area (Å²) in [6, 6.07) is 0. The minimum Gasteiger partial charge on any atom is -0.385 e. The Morgan fingerprint density at radius 1 is 1.29 bits per heavy atom. The molecule has 0 saturated heterocycles. The van der Waals surface area contributed by atoms with Crippen LogP contribution in [0.2, 0.25) is 0 Å². The second-order valence-corrected chi connectivity index (χ2v) is 3.94. The molecule has 0 aliphatic rings. The lowest BCUT2D eigenvalue weighted by atomic mass is 9.91. The van der Waals surface area contributed by atoms with Crippen LogP contribution in [0, 0.1) is 5.92 Å². The monoisotopic (exact) mass is 198 g/mol. The highest BCUT2D eigenvalue weighted by molar-refractivity contribution is 5.83. The van der Waals surface area contributed by atoms with Crippen molar-refractivity contribution in [3.8, 4) is 0 Å². The number of hydrogen-bond donors (Lipinski definition) is 1. The first-order valence-electron chi connectivity index (χ1n) is 5.38. The molecule has 0 aliphatic heterocycles. The van der Waals surface area contributed by atoms with Crippen LogP contribution in [0.4, 0.5) is 0 Å². The van der Waals surface area contributed by atoms with E-state index in [9.17, 15) is 9.90 Å². The second kappa shape index (κ2) is 6.77. The Balaban J connectivity index is 4.03. The molecule has 14 heavy (non-hydrogen) atoms. The summed E-state index contributed by atoms with van der Waals surface area (Å²) in [5.74, 6) is 0.0781. The molecule has 2 nitrogen and oxygen atoms in total. The summed E-state index contributed by atoms with van der Waals surface area (Å²) in [5.41, 5.74) is 0.995.